The summed E-state index contributed by atoms with van der Waals surface area (Å²) in [5.41, 5.74) is -2.85. The molecule has 3 aromatic rings. The first-order chi connectivity index (χ1) is 20.3. The van der Waals surface area contributed by atoms with E-state index in [0.29, 0.717) is 59.3 Å². The molecule has 1 aliphatic carbocycles. The van der Waals surface area contributed by atoms with Crippen molar-refractivity contribution in [2.24, 2.45) is 5.92 Å². The number of fused-ring (bicyclic) bond motifs is 6. The van der Waals surface area contributed by atoms with Gasteiger partial charge in [-0.3, -0.25) is 14.4 Å². The lowest BCUT2D eigenvalue weighted by Crippen LogP contribution is -2.85. The lowest BCUT2D eigenvalue weighted by molar-refractivity contribution is -0.181. The zero-order valence-electron chi connectivity index (χ0n) is 24.4. The highest BCUT2D eigenvalue weighted by atomic mass is 16.5. The van der Waals surface area contributed by atoms with Crippen molar-refractivity contribution in [1.82, 2.24) is 14.9 Å². The Labute approximate surface area is 246 Å². The summed E-state index contributed by atoms with van der Waals surface area (Å²) in [6.45, 7) is 7.57. The first-order valence-corrected chi connectivity index (χ1v) is 14.7. The van der Waals surface area contributed by atoms with Crippen LogP contribution in [0.3, 0.4) is 0 Å². The number of benzene rings is 1. The summed E-state index contributed by atoms with van der Waals surface area (Å²) in [4.78, 5) is 43.5. The van der Waals surface area contributed by atoms with Gasteiger partial charge in [0.2, 0.25) is 17.1 Å². The number of rotatable bonds is 2. The summed E-state index contributed by atoms with van der Waals surface area (Å²) < 4.78 is 13.4. The number of nitrogens with one attached hydrogen (secondary N) is 1. The molecule has 4 unspecified atom stereocenters. The van der Waals surface area contributed by atoms with Crippen LogP contribution >= 0.6 is 0 Å². The summed E-state index contributed by atoms with van der Waals surface area (Å²) in [6, 6.07) is 4.59. The number of ether oxygens (including phenoxy) is 1. The van der Waals surface area contributed by atoms with Crippen LogP contribution in [0.2, 0.25) is 0 Å². The molecule has 4 atom stereocenters. The van der Waals surface area contributed by atoms with Crippen LogP contribution in [-0.2, 0) is 21.6 Å². The van der Waals surface area contributed by atoms with Gasteiger partial charge in [-0.2, -0.15) is 4.73 Å². The van der Waals surface area contributed by atoms with Gasteiger partial charge in [0, 0.05) is 34.9 Å². The normalized spacial score (nSPS) is 30.9. The number of aliphatic hydroxyl groups is 1. The average Bonchev–Trinajstić information content (AvgIpc) is 3.52. The number of carbonyl (C=O) groups excluding carboxylic acids is 2. The van der Waals surface area contributed by atoms with Gasteiger partial charge in [-0.25, -0.2) is 0 Å². The third-order valence-electron chi connectivity index (χ3n) is 10.7. The molecule has 11 nitrogen and oxygen atoms in total. The minimum absolute atomic E-state index is 0.0956. The minimum Gasteiger partial charge on any atom is -0.502 e. The first-order valence-electron chi connectivity index (χ1n) is 14.7. The molecule has 2 spiro atoms. The van der Waals surface area contributed by atoms with Crippen LogP contribution in [0.5, 0.6) is 11.5 Å². The van der Waals surface area contributed by atoms with E-state index in [0.717, 1.165) is 10.8 Å². The van der Waals surface area contributed by atoms with Gasteiger partial charge >= 0.3 is 0 Å². The van der Waals surface area contributed by atoms with E-state index in [4.69, 9.17) is 9.15 Å². The highest BCUT2D eigenvalue weighted by molar-refractivity contribution is 6.07. The molecule has 9 rings (SSSR count). The molecule has 1 aromatic carbocycles. The number of piperidine rings is 2. The quantitative estimate of drug-likeness (QED) is 0.334. The molecular weight excluding hydrogens is 554 g/mol. The second-order valence-electron chi connectivity index (χ2n) is 13.8. The molecule has 11 heteroatoms. The maximum absolute atomic E-state index is 14.8. The van der Waals surface area contributed by atoms with Crippen molar-refractivity contribution >= 4 is 28.8 Å². The Kier molecular flexibility index (Phi) is 4.80. The SMILES string of the molecule is CC1(C)C=Cc2c(ccc3c4c(n(O)c23)C(C)(C)C2CC35CCCN3C(=O)C2(NC5=O)C4c2oc(CO)cc(=O)c2O)O1. The average molecular weight is 588 g/mol. The summed E-state index contributed by atoms with van der Waals surface area (Å²) in [5.74, 6) is -2.80. The number of aliphatic hydroxyl groups excluding tert-OH is 1. The Morgan fingerprint density at radius 1 is 1.14 bits per heavy atom. The monoisotopic (exact) mass is 587 g/mol. The van der Waals surface area contributed by atoms with Gasteiger partial charge in [-0.05, 0) is 63.0 Å². The summed E-state index contributed by atoms with van der Waals surface area (Å²) in [7, 11) is 0. The van der Waals surface area contributed by atoms with Crippen LogP contribution < -0.4 is 15.5 Å². The Morgan fingerprint density at radius 2 is 1.91 bits per heavy atom. The molecule has 2 aromatic heterocycles. The zero-order valence-corrected chi connectivity index (χ0v) is 24.4. The fourth-order valence-corrected chi connectivity index (χ4v) is 8.96. The largest absolute Gasteiger partial charge is 0.502 e. The van der Waals surface area contributed by atoms with Crippen molar-refractivity contribution in [3.05, 3.63) is 62.8 Å². The predicted octanol–water partition coefficient (Wildman–Crippen LogP) is 2.89. The molecule has 7 heterocycles. The van der Waals surface area contributed by atoms with Crippen LogP contribution in [0, 0.1) is 5.92 Å². The molecule has 4 fully saturated rings. The molecule has 0 saturated carbocycles. The maximum atomic E-state index is 14.8. The standard InChI is InChI=1S/C32H33N3O8/c1-29(2)10-8-16-19(43-29)7-6-17-21-22(25-24(38)18(37)12-15(14-36)42-25)32-20(30(3,4)26(21)35(41)23(16)17)13-31(27(39)33-32)9-5-11-34(31)28(32)40/h6-8,10,12,20,22,36,38,41H,5,9,11,13-14H2,1-4H3,(H,33,39). The lowest BCUT2D eigenvalue weighted by atomic mass is 9.47. The summed E-state index contributed by atoms with van der Waals surface area (Å²) >= 11 is 0. The van der Waals surface area contributed by atoms with Crippen LogP contribution in [0.4, 0.5) is 0 Å². The Morgan fingerprint density at radius 3 is 2.65 bits per heavy atom. The fourth-order valence-electron chi connectivity index (χ4n) is 8.96. The minimum atomic E-state index is -1.64. The number of hydrogen-bond acceptors (Lipinski definition) is 8. The highest BCUT2D eigenvalue weighted by Crippen LogP contribution is 2.65. The van der Waals surface area contributed by atoms with Crippen molar-refractivity contribution in [2.45, 2.75) is 81.6 Å². The van der Waals surface area contributed by atoms with Gasteiger partial charge in [0.15, 0.2) is 5.76 Å². The fraction of sp³-hybridized carbons (Fsp3) is 0.469. The number of aromatic hydroxyl groups is 1. The number of amides is 2. The number of carbonyl (C=O) groups is 2. The number of hydrogen-bond donors (Lipinski definition) is 4. The van der Waals surface area contributed by atoms with Gasteiger partial charge in [0.25, 0.3) is 5.91 Å². The van der Waals surface area contributed by atoms with Gasteiger partial charge < -0.3 is 34.8 Å². The Bertz CT molecular complexity index is 1900. The van der Waals surface area contributed by atoms with E-state index in [1.807, 2.05) is 39.8 Å². The predicted molar refractivity (Wildman–Crippen MR) is 153 cm³/mol. The third kappa shape index (κ3) is 2.91. The summed E-state index contributed by atoms with van der Waals surface area (Å²) in [5, 5.41) is 37.0. The molecule has 2 bridgehead atoms. The van der Waals surface area contributed by atoms with E-state index in [2.05, 4.69) is 5.32 Å². The smallest absolute Gasteiger partial charge is 0.250 e. The molecule has 4 N–H and O–H groups in total. The van der Waals surface area contributed by atoms with Crippen molar-refractivity contribution in [3.8, 4) is 11.5 Å². The molecular formula is C32H33N3O8. The van der Waals surface area contributed by atoms with Gasteiger partial charge in [-0.15, -0.1) is 0 Å². The molecule has 0 radical (unpaired) electrons. The molecule has 224 valence electrons. The van der Waals surface area contributed by atoms with Crippen LogP contribution in [0.1, 0.15) is 81.2 Å². The van der Waals surface area contributed by atoms with Crippen molar-refractivity contribution in [1.29, 1.82) is 0 Å². The number of aromatic nitrogens is 1. The van der Waals surface area contributed by atoms with Crippen LogP contribution in [0.25, 0.3) is 17.0 Å². The van der Waals surface area contributed by atoms with E-state index < -0.39 is 51.7 Å². The maximum Gasteiger partial charge on any atom is 0.250 e. The third-order valence-corrected chi connectivity index (χ3v) is 10.7. The number of nitrogens with zero attached hydrogens (tertiary/aromatic N) is 2. The topological polar surface area (TPSA) is 154 Å². The zero-order chi connectivity index (χ0) is 30.4. The van der Waals surface area contributed by atoms with E-state index in [1.165, 1.54) is 0 Å². The van der Waals surface area contributed by atoms with E-state index in [-0.39, 0.29) is 23.3 Å². The molecule has 4 saturated heterocycles. The molecule has 5 aliphatic heterocycles. The molecule has 6 aliphatic rings. The van der Waals surface area contributed by atoms with E-state index in [9.17, 15) is 29.8 Å². The highest BCUT2D eigenvalue weighted by Gasteiger charge is 2.76. The first kappa shape index (κ1) is 26.4. The Hall–Kier alpha value is -4.25. The van der Waals surface area contributed by atoms with Gasteiger partial charge in [0.1, 0.15) is 34.8 Å². The van der Waals surface area contributed by atoms with Crippen LogP contribution in [0.15, 0.2) is 33.5 Å². The Balaban J connectivity index is 1.53. The van der Waals surface area contributed by atoms with E-state index in [1.54, 1.807) is 17.0 Å². The van der Waals surface area contributed by atoms with Crippen molar-refractivity contribution in [3.63, 3.8) is 0 Å². The van der Waals surface area contributed by atoms with Crippen molar-refractivity contribution in [2.75, 3.05) is 6.54 Å². The second kappa shape index (κ2) is 7.82. The van der Waals surface area contributed by atoms with Gasteiger partial charge in [-0.1, -0.05) is 13.8 Å². The molecule has 2 amide bonds. The summed E-state index contributed by atoms with van der Waals surface area (Å²) in [6.07, 6.45) is 5.33. The number of piperazine rings is 1. The van der Waals surface area contributed by atoms with Crippen LogP contribution in [-0.4, -0.2) is 60.1 Å². The molecule has 43 heavy (non-hydrogen) atoms. The van der Waals surface area contributed by atoms with E-state index >= 15 is 0 Å². The van der Waals surface area contributed by atoms with Crippen molar-refractivity contribution < 1.29 is 34.2 Å². The lowest BCUT2D eigenvalue weighted by Gasteiger charge is -2.65. The van der Waals surface area contributed by atoms with Gasteiger partial charge in [0.05, 0.1) is 17.1 Å². The second-order valence-corrected chi connectivity index (χ2v) is 13.8.